The van der Waals surface area contributed by atoms with Gasteiger partial charge in [-0.2, -0.15) is 0 Å². The SMILES string of the molecule is O[C@@H]1[C@H](O)CO[13CH](O)[C@H]1O. The highest BCUT2D eigenvalue weighted by molar-refractivity contribution is 4.81. The second-order valence-electron chi connectivity index (χ2n) is 2.27. The molecule has 0 aliphatic carbocycles. The lowest BCUT2D eigenvalue weighted by Crippen LogP contribution is -2.52. The second-order valence-corrected chi connectivity index (χ2v) is 2.27. The molecule has 0 saturated carbocycles. The summed E-state index contributed by atoms with van der Waals surface area (Å²) in [5, 5.41) is 35.3. The van der Waals surface area contributed by atoms with Crippen molar-refractivity contribution in [2.45, 2.75) is 24.6 Å². The zero-order valence-electron chi connectivity index (χ0n) is 5.21. The molecule has 1 aliphatic rings. The highest BCUT2D eigenvalue weighted by Gasteiger charge is 2.36. The molecule has 1 unspecified atom stereocenters. The molecule has 5 heteroatoms. The van der Waals surface area contributed by atoms with Gasteiger partial charge in [0, 0.05) is 0 Å². The van der Waals surface area contributed by atoms with E-state index in [1.807, 2.05) is 0 Å². The van der Waals surface area contributed by atoms with Crippen molar-refractivity contribution in [3.63, 3.8) is 0 Å². The molecule has 0 aromatic carbocycles. The van der Waals surface area contributed by atoms with Crippen LogP contribution in [0, 0.1) is 0 Å². The molecule has 60 valence electrons. The predicted octanol–water partition coefficient (Wildman–Crippen LogP) is -2.58. The highest BCUT2D eigenvalue weighted by atomic mass is 16.7. The van der Waals surface area contributed by atoms with Crippen molar-refractivity contribution in [1.82, 2.24) is 0 Å². The maximum atomic E-state index is 8.88. The van der Waals surface area contributed by atoms with E-state index in [4.69, 9.17) is 20.4 Å². The molecule has 0 aromatic rings. The van der Waals surface area contributed by atoms with Crippen molar-refractivity contribution in [3.8, 4) is 0 Å². The van der Waals surface area contributed by atoms with Crippen molar-refractivity contribution in [2.24, 2.45) is 0 Å². The zero-order valence-corrected chi connectivity index (χ0v) is 5.21. The summed E-state index contributed by atoms with van der Waals surface area (Å²) >= 11 is 0. The van der Waals surface area contributed by atoms with Crippen LogP contribution >= 0.6 is 0 Å². The van der Waals surface area contributed by atoms with Crippen LogP contribution in [0.3, 0.4) is 0 Å². The van der Waals surface area contributed by atoms with E-state index in [1.165, 1.54) is 0 Å². The molecular formula is C5H10O5. The summed E-state index contributed by atoms with van der Waals surface area (Å²) in [5.41, 5.74) is 0. The van der Waals surface area contributed by atoms with Crippen LogP contribution in [0.1, 0.15) is 0 Å². The lowest BCUT2D eigenvalue weighted by Gasteiger charge is -2.31. The van der Waals surface area contributed by atoms with E-state index in [-0.39, 0.29) is 6.61 Å². The van der Waals surface area contributed by atoms with Gasteiger partial charge in [-0.1, -0.05) is 0 Å². The number of ether oxygens (including phenoxy) is 1. The Kier molecular flexibility index (Phi) is 2.22. The van der Waals surface area contributed by atoms with Crippen molar-refractivity contribution in [1.29, 1.82) is 0 Å². The third-order valence-electron chi connectivity index (χ3n) is 1.47. The van der Waals surface area contributed by atoms with Gasteiger partial charge in [0.15, 0.2) is 6.29 Å². The van der Waals surface area contributed by atoms with E-state index in [0.717, 1.165) is 0 Å². The third-order valence-corrected chi connectivity index (χ3v) is 1.47. The molecule has 5 nitrogen and oxygen atoms in total. The minimum absolute atomic E-state index is 0.153. The Morgan fingerprint density at radius 2 is 1.60 bits per heavy atom. The van der Waals surface area contributed by atoms with Gasteiger partial charge in [0.2, 0.25) is 0 Å². The van der Waals surface area contributed by atoms with Gasteiger partial charge < -0.3 is 25.2 Å². The molecule has 0 amide bonds. The molecule has 1 rings (SSSR count). The van der Waals surface area contributed by atoms with E-state index in [9.17, 15) is 0 Å². The number of aliphatic hydroxyl groups excluding tert-OH is 4. The van der Waals surface area contributed by atoms with Gasteiger partial charge >= 0.3 is 0 Å². The first-order valence-electron chi connectivity index (χ1n) is 2.97. The summed E-state index contributed by atoms with van der Waals surface area (Å²) < 4.78 is 4.47. The highest BCUT2D eigenvalue weighted by Crippen LogP contribution is 2.12. The molecule has 1 saturated heterocycles. The van der Waals surface area contributed by atoms with E-state index in [2.05, 4.69) is 4.74 Å². The van der Waals surface area contributed by atoms with E-state index >= 15 is 0 Å². The van der Waals surface area contributed by atoms with Crippen LogP contribution in [0.2, 0.25) is 0 Å². The van der Waals surface area contributed by atoms with Crippen molar-refractivity contribution >= 4 is 0 Å². The monoisotopic (exact) mass is 151 g/mol. The molecule has 4 N–H and O–H groups in total. The van der Waals surface area contributed by atoms with Gasteiger partial charge in [0.25, 0.3) is 0 Å². The van der Waals surface area contributed by atoms with E-state index in [1.54, 1.807) is 0 Å². The van der Waals surface area contributed by atoms with Crippen molar-refractivity contribution < 1.29 is 25.2 Å². The molecule has 0 spiro atoms. The van der Waals surface area contributed by atoms with Crippen LogP contribution in [0.4, 0.5) is 0 Å². The Morgan fingerprint density at radius 1 is 1.00 bits per heavy atom. The number of hydrogen-bond acceptors (Lipinski definition) is 5. The average Bonchev–Trinajstić information content (AvgIpc) is 1.93. The molecule has 1 aliphatic heterocycles. The predicted molar refractivity (Wildman–Crippen MR) is 30.0 cm³/mol. The molecule has 0 aromatic heterocycles. The third kappa shape index (κ3) is 1.28. The Balaban J connectivity index is 2.52. The summed E-state index contributed by atoms with van der Waals surface area (Å²) in [5.74, 6) is 0. The summed E-state index contributed by atoms with van der Waals surface area (Å²) in [7, 11) is 0. The summed E-state index contributed by atoms with van der Waals surface area (Å²) in [6, 6.07) is 0. The Labute approximate surface area is 57.5 Å². The standard InChI is InChI=1S/C5H10O5/c6-2-1-10-5(9)4(8)3(2)7/h2-9H,1H2/t2-,3-,4+,5?/m1/s1/i5+1. The van der Waals surface area contributed by atoms with Gasteiger partial charge in [-0.05, 0) is 0 Å². The van der Waals surface area contributed by atoms with Crippen LogP contribution in [0.15, 0.2) is 0 Å². The van der Waals surface area contributed by atoms with Gasteiger partial charge in [0.1, 0.15) is 18.3 Å². The lowest BCUT2D eigenvalue weighted by molar-refractivity contribution is -0.252. The van der Waals surface area contributed by atoms with Crippen LogP contribution in [-0.2, 0) is 4.74 Å². The fraction of sp³-hybridized carbons (Fsp3) is 1.00. The molecule has 0 bridgehead atoms. The van der Waals surface area contributed by atoms with Crippen LogP contribution in [-0.4, -0.2) is 51.6 Å². The zero-order chi connectivity index (χ0) is 7.72. The minimum atomic E-state index is -1.41. The molecule has 1 heterocycles. The summed E-state index contributed by atoms with van der Waals surface area (Å²) in [6.45, 7) is -0.153. The Morgan fingerprint density at radius 3 is 2.10 bits per heavy atom. The largest absolute Gasteiger partial charge is 0.388 e. The van der Waals surface area contributed by atoms with Gasteiger partial charge in [0.05, 0.1) is 6.61 Å². The minimum Gasteiger partial charge on any atom is -0.388 e. The van der Waals surface area contributed by atoms with Crippen LogP contribution in [0.5, 0.6) is 0 Å². The topological polar surface area (TPSA) is 90.2 Å². The lowest BCUT2D eigenvalue weighted by atomic mass is 10.1. The fourth-order valence-electron chi connectivity index (χ4n) is 0.791. The molecular weight excluding hydrogens is 141 g/mol. The molecule has 10 heavy (non-hydrogen) atoms. The van der Waals surface area contributed by atoms with Crippen molar-refractivity contribution in [3.05, 3.63) is 0 Å². The first kappa shape index (κ1) is 7.90. The summed E-state index contributed by atoms with van der Waals surface area (Å²) in [6.07, 6.45) is -5.23. The van der Waals surface area contributed by atoms with E-state index < -0.39 is 24.6 Å². The first-order chi connectivity index (χ1) is 4.63. The van der Waals surface area contributed by atoms with Gasteiger partial charge in [-0.15, -0.1) is 0 Å². The second kappa shape index (κ2) is 2.81. The molecule has 0 radical (unpaired) electrons. The first-order valence-corrected chi connectivity index (χ1v) is 2.97. The molecule has 1 fully saturated rings. The fourth-order valence-corrected chi connectivity index (χ4v) is 0.791. The smallest absolute Gasteiger partial charge is 0.183 e. The Hall–Kier alpha value is -0.200. The summed E-state index contributed by atoms with van der Waals surface area (Å²) in [4.78, 5) is 0. The number of hydrogen-bond donors (Lipinski definition) is 4. The number of rotatable bonds is 0. The van der Waals surface area contributed by atoms with Gasteiger partial charge in [-0.3, -0.25) is 0 Å². The van der Waals surface area contributed by atoms with E-state index in [0.29, 0.717) is 0 Å². The maximum absolute atomic E-state index is 8.88. The average molecular weight is 151 g/mol. The van der Waals surface area contributed by atoms with Crippen LogP contribution < -0.4 is 0 Å². The van der Waals surface area contributed by atoms with Crippen LogP contribution in [0.25, 0.3) is 0 Å². The quantitative estimate of drug-likeness (QED) is 0.285. The maximum Gasteiger partial charge on any atom is 0.183 e. The Bertz CT molecular complexity index is 103. The van der Waals surface area contributed by atoms with Gasteiger partial charge in [-0.25, -0.2) is 0 Å². The van der Waals surface area contributed by atoms with Crippen molar-refractivity contribution in [2.75, 3.05) is 6.61 Å². The molecule has 4 atom stereocenters. The normalized spacial score (nSPS) is 49.2. The number of aliphatic hydroxyl groups is 4.